The standard InChI is InChI=1S/C14H21N/c1-10(2)15-9-14(4,5)12-8-11(3)6-7-13(12)15/h6-8,10H,9H2,1-5H3. The van der Waals surface area contributed by atoms with Gasteiger partial charge in [0.15, 0.2) is 0 Å². The fourth-order valence-electron chi connectivity index (χ4n) is 2.50. The Morgan fingerprint density at radius 3 is 2.53 bits per heavy atom. The molecule has 0 atom stereocenters. The van der Waals surface area contributed by atoms with E-state index < -0.39 is 0 Å². The number of rotatable bonds is 1. The number of hydrogen-bond donors (Lipinski definition) is 0. The van der Waals surface area contributed by atoms with E-state index in [-0.39, 0.29) is 0 Å². The van der Waals surface area contributed by atoms with E-state index in [1.807, 2.05) is 0 Å². The average molecular weight is 203 g/mol. The molecule has 1 nitrogen and oxygen atoms in total. The average Bonchev–Trinajstić information content (AvgIpc) is 2.39. The van der Waals surface area contributed by atoms with Crippen molar-refractivity contribution in [2.24, 2.45) is 0 Å². The number of benzene rings is 1. The zero-order valence-corrected chi connectivity index (χ0v) is 10.5. The molecule has 1 aliphatic heterocycles. The van der Waals surface area contributed by atoms with Crippen molar-refractivity contribution >= 4 is 5.69 Å². The van der Waals surface area contributed by atoms with Gasteiger partial charge in [0.2, 0.25) is 0 Å². The first-order chi connectivity index (χ1) is 6.92. The fraction of sp³-hybridized carbons (Fsp3) is 0.571. The van der Waals surface area contributed by atoms with Gasteiger partial charge in [-0.2, -0.15) is 0 Å². The zero-order chi connectivity index (χ0) is 11.2. The van der Waals surface area contributed by atoms with Gasteiger partial charge in [0, 0.05) is 23.7 Å². The topological polar surface area (TPSA) is 3.24 Å². The fourth-order valence-corrected chi connectivity index (χ4v) is 2.50. The second-order valence-electron chi connectivity index (χ2n) is 5.63. The molecule has 0 unspecified atom stereocenters. The van der Waals surface area contributed by atoms with Crippen LogP contribution in [-0.2, 0) is 5.41 Å². The zero-order valence-electron chi connectivity index (χ0n) is 10.5. The lowest BCUT2D eigenvalue weighted by molar-refractivity contribution is 0.531. The summed E-state index contributed by atoms with van der Waals surface area (Å²) in [5.74, 6) is 0. The molecule has 15 heavy (non-hydrogen) atoms. The van der Waals surface area contributed by atoms with Crippen molar-refractivity contribution in [3.05, 3.63) is 29.3 Å². The Labute approximate surface area is 93.1 Å². The third-order valence-corrected chi connectivity index (χ3v) is 3.38. The van der Waals surface area contributed by atoms with Crippen LogP contribution in [0, 0.1) is 6.92 Å². The molecule has 0 bridgehead atoms. The van der Waals surface area contributed by atoms with Crippen LogP contribution in [-0.4, -0.2) is 12.6 Å². The molecule has 2 rings (SSSR count). The van der Waals surface area contributed by atoms with E-state index >= 15 is 0 Å². The van der Waals surface area contributed by atoms with Crippen molar-refractivity contribution in [3.8, 4) is 0 Å². The summed E-state index contributed by atoms with van der Waals surface area (Å²) < 4.78 is 0. The monoisotopic (exact) mass is 203 g/mol. The van der Waals surface area contributed by atoms with Gasteiger partial charge < -0.3 is 4.90 Å². The molecule has 82 valence electrons. The molecular weight excluding hydrogens is 182 g/mol. The minimum absolute atomic E-state index is 0.297. The highest BCUT2D eigenvalue weighted by Gasteiger charge is 2.35. The Bertz CT molecular complexity index is 377. The van der Waals surface area contributed by atoms with Crippen LogP contribution in [0.25, 0.3) is 0 Å². The lowest BCUT2D eigenvalue weighted by Gasteiger charge is -2.26. The summed E-state index contributed by atoms with van der Waals surface area (Å²) in [4.78, 5) is 2.51. The Kier molecular flexibility index (Phi) is 2.29. The van der Waals surface area contributed by atoms with Crippen molar-refractivity contribution in [1.29, 1.82) is 0 Å². The third kappa shape index (κ3) is 1.64. The van der Waals surface area contributed by atoms with Crippen LogP contribution in [0.15, 0.2) is 18.2 Å². The summed E-state index contributed by atoms with van der Waals surface area (Å²) >= 11 is 0. The molecule has 1 aromatic rings. The van der Waals surface area contributed by atoms with Crippen LogP contribution < -0.4 is 4.90 Å². The first-order valence-electron chi connectivity index (χ1n) is 5.79. The smallest absolute Gasteiger partial charge is 0.0407 e. The first-order valence-corrected chi connectivity index (χ1v) is 5.79. The van der Waals surface area contributed by atoms with Crippen LogP contribution in [0.5, 0.6) is 0 Å². The molecule has 0 radical (unpaired) electrons. The highest BCUT2D eigenvalue weighted by molar-refractivity contribution is 5.63. The summed E-state index contributed by atoms with van der Waals surface area (Å²) in [6.45, 7) is 12.5. The van der Waals surface area contributed by atoms with E-state index in [9.17, 15) is 0 Å². The van der Waals surface area contributed by atoms with Crippen LogP contribution in [0.3, 0.4) is 0 Å². The molecular formula is C14H21N. The van der Waals surface area contributed by atoms with Gasteiger partial charge in [-0.3, -0.25) is 0 Å². The highest BCUT2D eigenvalue weighted by Crippen LogP contribution is 2.41. The molecule has 0 spiro atoms. The SMILES string of the molecule is Cc1ccc2c(c1)C(C)(C)CN2C(C)C. The predicted octanol–water partition coefficient (Wildman–Crippen LogP) is 3.50. The largest absolute Gasteiger partial charge is 0.368 e. The number of hydrogen-bond acceptors (Lipinski definition) is 1. The molecule has 1 aliphatic rings. The predicted molar refractivity (Wildman–Crippen MR) is 66.7 cm³/mol. The second-order valence-corrected chi connectivity index (χ2v) is 5.63. The van der Waals surface area contributed by atoms with Gasteiger partial charge in [0.1, 0.15) is 0 Å². The second kappa shape index (κ2) is 3.26. The van der Waals surface area contributed by atoms with Gasteiger partial charge in [-0.1, -0.05) is 31.5 Å². The highest BCUT2D eigenvalue weighted by atomic mass is 15.2. The Hall–Kier alpha value is -0.980. The maximum atomic E-state index is 2.51. The molecule has 0 saturated heterocycles. The molecule has 0 N–H and O–H groups in total. The minimum Gasteiger partial charge on any atom is -0.368 e. The van der Waals surface area contributed by atoms with Crippen LogP contribution in [0.1, 0.15) is 38.8 Å². The van der Waals surface area contributed by atoms with Crippen LogP contribution >= 0.6 is 0 Å². The summed E-state index contributed by atoms with van der Waals surface area (Å²) in [5.41, 5.74) is 4.61. The summed E-state index contributed by atoms with van der Waals surface area (Å²) in [7, 11) is 0. The van der Waals surface area contributed by atoms with E-state index in [1.54, 1.807) is 0 Å². The van der Waals surface area contributed by atoms with Crippen molar-refractivity contribution in [3.63, 3.8) is 0 Å². The van der Waals surface area contributed by atoms with Gasteiger partial charge in [-0.25, -0.2) is 0 Å². The molecule has 0 fully saturated rings. The third-order valence-electron chi connectivity index (χ3n) is 3.38. The molecule has 0 amide bonds. The Morgan fingerprint density at radius 2 is 1.93 bits per heavy atom. The molecule has 0 aromatic heterocycles. The van der Waals surface area contributed by atoms with E-state index in [0.717, 1.165) is 6.54 Å². The van der Waals surface area contributed by atoms with Crippen LogP contribution in [0.2, 0.25) is 0 Å². The quantitative estimate of drug-likeness (QED) is 0.675. The van der Waals surface area contributed by atoms with E-state index in [4.69, 9.17) is 0 Å². The maximum Gasteiger partial charge on any atom is 0.0407 e. The van der Waals surface area contributed by atoms with E-state index in [1.165, 1.54) is 16.8 Å². The summed E-state index contributed by atoms with van der Waals surface area (Å²) in [5, 5.41) is 0. The molecule has 1 heterocycles. The first kappa shape index (κ1) is 10.5. The number of anilines is 1. The molecule has 1 aromatic carbocycles. The molecule has 0 saturated carbocycles. The van der Waals surface area contributed by atoms with E-state index in [0.29, 0.717) is 11.5 Å². The number of aryl methyl sites for hydroxylation is 1. The Morgan fingerprint density at radius 1 is 1.27 bits per heavy atom. The Balaban J connectivity index is 2.53. The van der Waals surface area contributed by atoms with Crippen molar-refractivity contribution < 1.29 is 0 Å². The van der Waals surface area contributed by atoms with Crippen LogP contribution in [0.4, 0.5) is 5.69 Å². The minimum atomic E-state index is 0.297. The van der Waals surface area contributed by atoms with Gasteiger partial charge in [-0.15, -0.1) is 0 Å². The molecule has 1 heteroatoms. The van der Waals surface area contributed by atoms with Crippen molar-refractivity contribution in [1.82, 2.24) is 0 Å². The van der Waals surface area contributed by atoms with Gasteiger partial charge in [0.05, 0.1) is 0 Å². The van der Waals surface area contributed by atoms with Gasteiger partial charge >= 0.3 is 0 Å². The van der Waals surface area contributed by atoms with Crippen molar-refractivity contribution in [2.45, 2.75) is 46.1 Å². The maximum absolute atomic E-state index is 2.51. The lowest BCUT2D eigenvalue weighted by atomic mass is 9.86. The van der Waals surface area contributed by atoms with Crippen molar-refractivity contribution in [2.75, 3.05) is 11.4 Å². The normalized spacial score (nSPS) is 18.4. The summed E-state index contributed by atoms with van der Waals surface area (Å²) in [6, 6.07) is 7.43. The number of nitrogens with zero attached hydrogens (tertiary/aromatic N) is 1. The lowest BCUT2D eigenvalue weighted by Crippen LogP contribution is -2.33. The van der Waals surface area contributed by atoms with Gasteiger partial charge in [0.25, 0.3) is 0 Å². The van der Waals surface area contributed by atoms with E-state index in [2.05, 4.69) is 57.7 Å². The molecule has 0 aliphatic carbocycles. The van der Waals surface area contributed by atoms with Gasteiger partial charge in [-0.05, 0) is 32.4 Å². The summed E-state index contributed by atoms with van der Waals surface area (Å²) in [6.07, 6.45) is 0. The number of fused-ring (bicyclic) bond motifs is 1.